The Balaban J connectivity index is 2.52. The third-order valence-electron chi connectivity index (χ3n) is 2.75. The number of alkyl carbamates (subject to hydrolysis) is 1. The van der Waals surface area contributed by atoms with Crippen molar-refractivity contribution in [3.63, 3.8) is 0 Å². The van der Waals surface area contributed by atoms with Crippen molar-refractivity contribution in [1.29, 1.82) is 0 Å². The van der Waals surface area contributed by atoms with E-state index in [1.807, 2.05) is 0 Å². The molecule has 0 saturated heterocycles. The summed E-state index contributed by atoms with van der Waals surface area (Å²) in [4.78, 5) is 11.1. The SMILES string of the molecule is COC(=O)NC1(CN)CCCCC1. The summed E-state index contributed by atoms with van der Waals surface area (Å²) in [6.45, 7) is 0.502. The summed E-state index contributed by atoms with van der Waals surface area (Å²) in [7, 11) is 1.38. The summed E-state index contributed by atoms with van der Waals surface area (Å²) in [6, 6.07) is 0. The molecule has 4 heteroatoms. The van der Waals surface area contributed by atoms with E-state index in [2.05, 4.69) is 10.1 Å². The molecule has 0 atom stereocenters. The average molecular weight is 186 g/mol. The van der Waals surface area contributed by atoms with Gasteiger partial charge in [0.1, 0.15) is 0 Å². The van der Waals surface area contributed by atoms with Crippen LogP contribution in [-0.2, 0) is 4.74 Å². The molecule has 3 N–H and O–H groups in total. The Morgan fingerprint density at radius 3 is 2.54 bits per heavy atom. The minimum atomic E-state index is -0.368. The van der Waals surface area contributed by atoms with Crippen LogP contribution in [0.25, 0.3) is 0 Å². The summed E-state index contributed by atoms with van der Waals surface area (Å²) in [6.07, 6.45) is 5.09. The van der Waals surface area contributed by atoms with E-state index in [9.17, 15) is 4.79 Å². The minimum absolute atomic E-state index is 0.203. The van der Waals surface area contributed by atoms with Crippen LogP contribution in [0.15, 0.2) is 0 Å². The van der Waals surface area contributed by atoms with Gasteiger partial charge in [0.2, 0.25) is 0 Å². The topological polar surface area (TPSA) is 64.3 Å². The fraction of sp³-hybridized carbons (Fsp3) is 0.889. The normalized spacial score (nSPS) is 20.8. The molecule has 0 aromatic rings. The molecule has 1 fully saturated rings. The number of carbonyl (C=O) groups is 1. The van der Waals surface area contributed by atoms with Crippen LogP contribution < -0.4 is 11.1 Å². The van der Waals surface area contributed by atoms with E-state index in [0.717, 1.165) is 25.7 Å². The molecule has 0 bridgehead atoms. The smallest absolute Gasteiger partial charge is 0.407 e. The predicted molar refractivity (Wildman–Crippen MR) is 50.4 cm³/mol. The quantitative estimate of drug-likeness (QED) is 0.676. The molecule has 0 aliphatic heterocycles. The van der Waals surface area contributed by atoms with Crippen molar-refractivity contribution in [2.75, 3.05) is 13.7 Å². The van der Waals surface area contributed by atoms with Gasteiger partial charge in [-0.25, -0.2) is 4.79 Å². The number of ether oxygens (including phenoxy) is 1. The number of hydrogen-bond donors (Lipinski definition) is 2. The predicted octanol–water partition coefficient (Wildman–Crippen LogP) is 1.00. The molecular formula is C9H18N2O2. The Labute approximate surface area is 78.8 Å². The molecule has 0 unspecified atom stereocenters. The number of nitrogens with one attached hydrogen (secondary N) is 1. The number of methoxy groups -OCH3 is 1. The summed E-state index contributed by atoms with van der Waals surface area (Å²) >= 11 is 0. The molecule has 0 aromatic carbocycles. The summed E-state index contributed by atoms with van der Waals surface area (Å²) in [5.74, 6) is 0. The van der Waals surface area contributed by atoms with Crippen LogP contribution >= 0.6 is 0 Å². The molecule has 1 aliphatic rings. The highest BCUT2D eigenvalue weighted by Crippen LogP contribution is 2.27. The lowest BCUT2D eigenvalue weighted by atomic mass is 9.82. The monoisotopic (exact) mass is 186 g/mol. The molecule has 1 aliphatic carbocycles. The highest BCUT2D eigenvalue weighted by molar-refractivity contribution is 5.68. The summed E-state index contributed by atoms with van der Waals surface area (Å²) in [5.41, 5.74) is 5.47. The highest BCUT2D eigenvalue weighted by atomic mass is 16.5. The molecule has 1 rings (SSSR count). The molecule has 13 heavy (non-hydrogen) atoms. The van der Waals surface area contributed by atoms with Gasteiger partial charge >= 0.3 is 6.09 Å². The van der Waals surface area contributed by atoms with E-state index < -0.39 is 0 Å². The zero-order valence-corrected chi connectivity index (χ0v) is 8.14. The first-order chi connectivity index (χ1) is 6.22. The molecule has 76 valence electrons. The second kappa shape index (κ2) is 4.46. The third kappa shape index (κ3) is 2.59. The maximum atomic E-state index is 11.1. The highest BCUT2D eigenvalue weighted by Gasteiger charge is 2.32. The van der Waals surface area contributed by atoms with Crippen molar-refractivity contribution < 1.29 is 9.53 Å². The second-order valence-electron chi connectivity index (χ2n) is 3.66. The first-order valence-electron chi connectivity index (χ1n) is 4.79. The van der Waals surface area contributed by atoms with Gasteiger partial charge in [0.15, 0.2) is 0 Å². The second-order valence-corrected chi connectivity index (χ2v) is 3.66. The van der Waals surface area contributed by atoms with Crippen molar-refractivity contribution in [2.45, 2.75) is 37.6 Å². The molecule has 4 nitrogen and oxygen atoms in total. The third-order valence-corrected chi connectivity index (χ3v) is 2.75. The first kappa shape index (κ1) is 10.3. The lowest BCUT2D eigenvalue weighted by molar-refractivity contribution is 0.145. The van der Waals surface area contributed by atoms with E-state index in [1.165, 1.54) is 13.5 Å². The van der Waals surface area contributed by atoms with Crippen molar-refractivity contribution in [1.82, 2.24) is 5.32 Å². The maximum Gasteiger partial charge on any atom is 0.407 e. The van der Waals surface area contributed by atoms with Crippen LogP contribution in [0.4, 0.5) is 4.79 Å². The van der Waals surface area contributed by atoms with Gasteiger partial charge in [0.25, 0.3) is 0 Å². The van der Waals surface area contributed by atoms with Crippen LogP contribution in [0.5, 0.6) is 0 Å². The van der Waals surface area contributed by atoms with Gasteiger partial charge in [-0.3, -0.25) is 0 Å². The van der Waals surface area contributed by atoms with Crippen LogP contribution in [0.2, 0.25) is 0 Å². The van der Waals surface area contributed by atoms with Crippen LogP contribution in [-0.4, -0.2) is 25.3 Å². The van der Waals surface area contributed by atoms with Crippen molar-refractivity contribution in [3.8, 4) is 0 Å². The average Bonchev–Trinajstić information content (AvgIpc) is 2.19. The Kier molecular flexibility index (Phi) is 3.54. The maximum absolute atomic E-state index is 11.1. The Bertz CT molecular complexity index is 176. The molecule has 0 heterocycles. The molecular weight excluding hydrogens is 168 g/mol. The van der Waals surface area contributed by atoms with Crippen molar-refractivity contribution >= 4 is 6.09 Å². The summed E-state index contributed by atoms with van der Waals surface area (Å²) < 4.78 is 4.57. The molecule has 0 radical (unpaired) electrons. The van der Waals surface area contributed by atoms with Gasteiger partial charge < -0.3 is 15.8 Å². The Morgan fingerprint density at radius 1 is 1.46 bits per heavy atom. The number of rotatable bonds is 2. The van der Waals surface area contributed by atoms with Gasteiger partial charge in [-0.15, -0.1) is 0 Å². The first-order valence-corrected chi connectivity index (χ1v) is 4.79. The standard InChI is InChI=1S/C9H18N2O2/c1-13-8(12)11-9(7-10)5-3-2-4-6-9/h2-7,10H2,1H3,(H,11,12). The Hall–Kier alpha value is -0.770. The molecule has 1 amide bonds. The van der Waals surface area contributed by atoms with E-state index in [1.54, 1.807) is 0 Å². The largest absolute Gasteiger partial charge is 0.453 e. The van der Waals surface area contributed by atoms with E-state index in [0.29, 0.717) is 6.54 Å². The number of nitrogens with two attached hydrogens (primary N) is 1. The minimum Gasteiger partial charge on any atom is -0.453 e. The van der Waals surface area contributed by atoms with Gasteiger partial charge in [-0.05, 0) is 12.8 Å². The fourth-order valence-corrected chi connectivity index (χ4v) is 1.88. The van der Waals surface area contributed by atoms with Gasteiger partial charge in [0.05, 0.1) is 12.6 Å². The van der Waals surface area contributed by atoms with Crippen LogP contribution in [0, 0.1) is 0 Å². The van der Waals surface area contributed by atoms with Crippen molar-refractivity contribution in [2.24, 2.45) is 5.73 Å². The van der Waals surface area contributed by atoms with E-state index >= 15 is 0 Å². The van der Waals surface area contributed by atoms with Gasteiger partial charge in [-0.1, -0.05) is 19.3 Å². The van der Waals surface area contributed by atoms with Gasteiger partial charge in [0, 0.05) is 6.54 Å². The zero-order chi connectivity index (χ0) is 9.73. The number of hydrogen-bond acceptors (Lipinski definition) is 3. The molecule has 1 saturated carbocycles. The van der Waals surface area contributed by atoms with E-state index in [-0.39, 0.29) is 11.6 Å². The fourth-order valence-electron chi connectivity index (χ4n) is 1.88. The number of carbonyl (C=O) groups excluding carboxylic acids is 1. The van der Waals surface area contributed by atoms with Crippen LogP contribution in [0.1, 0.15) is 32.1 Å². The molecule has 0 spiro atoms. The van der Waals surface area contributed by atoms with Crippen LogP contribution in [0.3, 0.4) is 0 Å². The molecule has 0 aromatic heterocycles. The van der Waals surface area contributed by atoms with E-state index in [4.69, 9.17) is 5.73 Å². The zero-order valence-electron chi connectivity index (χ0n) is 8.14. The van der Waals surface area contributed by atoms with Gasteiger partial charge in [-0.2, -0.15) is 0 Å². The lowest BCUT2D eigenvalue weighted by Crippen LogP contribution is -2.54. The number of amides is 1. The summed E-state index contributed by atoms with van der Waals surface area (Å²) in [5, 5.41) is 2.85. The lowest BCUT2D eigenvalue weighted by Gasteiger charge is -2.36. The van der Waals surface area contributed by atoms with Crippen molar-refractivity contribution in [3.05, 3.63) is 0 Å². The Morgan fingerprint density at radius 2 is 2.08 bits per heavy atom.